The van der Waals surface area contributed by atoms with Gasteiger partial charge in [-0.2, -0.15) is 9.98 Å². The molecule has 41 heavy (non-hydrogen) atoms. The number of alkyl halides is 2. The number of rotatable bonds is 7. The van der Waals surface area contributed by atoms with Crippen LogP contribution in [0.1, 0.15) is 63.4 Å². The summed E-state index contributed by atoms with van der Waals surface area (Å²) in [7, 11) is 1.37. The number of nitrogens with zero attached hydrogens (tertiary/aromatic N) is 2. The first kappa shape index (κ1) is 35.4. The second-order valence-electron chi connectivity index (χ2n) is 8.18. The van der Waals surface area contributed by atoms with Gasteiger partial charge in [0.25, 0.3) is 18.4 Å². The van der Waals surface area contributed by atoms with Crippen LogP contribution in [0.2, 0.25) is 0 Å². The molecule has 9 N–H and O–H groups in total. The van der Waals surface area contributed by atoms with Gasteiger partial charge >= 0.3 is 0 Å². The molecule has 1 aromatic carbocycles. The largest absolute Gasteiger partial charge is 0.495 e. The third kappa shape index (κ3) is 11.8. The van der Waals surface area contributed by atoms with Crippen molar-refractivity contribution in [1.29, 1.82) is 0 Å². The number of amides is 1. The summed E-state index contributed by atoms with van der Waals surface area (Å²) in [5, 5.41) is 1.82. The number of nitrogens with two attached hydrogens (primary N) is 4. The molecule has 3 atom stereocenters. The average Bonchev–Trinajstić information content (AvgIpc) is 3.77. The Morgan fingerprint density at radius 2 is 1.83 bits per heavy atom. The molecular formula is C28H41F2N7O3S. The van der Waals surface area contributed by atoms with Gasteiger partial charge in [-0.3, -0.25) is 10.5 Å². The molecule has 0 radical (unpaired) electrons. The predicted molar refractivity (Wildman–Crippen MR) is 163 cm³/mol. The van der Waals surface area contributed by atoms with E-state index in [4.69, 9.17) is 32.4 Å². The number of methoxy groups -OCH3 is 1. The topological polar surface area (TPSA) is 176 Å². The second-order valence-corrected chi connectivity index (χ2v) is 9.34. The fraction of sp³-hybridized carbons (Fsp3) is 0.464. The van der Waals surface area contributed by atoms with Gasteiger partial charge in [0, 0.05) is 28.8 Å². The normalized spacial score (nSPS) is 18.0. The molecule has 0 aromatic heterocycles. The summed E-state index contributed by atoms with van der Waals surface area (Å²) in [5.74, 6) is 5.77. The molecule has 1 heterocycles. The van der Waals surface area contributed by atoms with Gasteiger partial charge < -0.3 is 32.0 Å². The lowest BCUT2D eigenvalue weighted by molar-refractivity contribution is 0.100. The number of aliphatic imine (C=N–C) groups is 2. The van der Waals surface area contributed by atoms with Gasteiger partial charge in [-0.05, 0) is 44.0 Å². The molecule has 3 rings (SSSR count). The Balaban J connectivity index is 0.00000201. The van der Waals surface area contributed by atoms with E-state index >= 15 is 0 Å². The summed E-state index contributed by atoms with van der Waals surface area (Å²) < 4.78 is 37.5. The lowest BCUT2D eigenvalue weighted by Gasteiger charge is -2.23. The smallest absolute Gasteiger partial charge is 0.288 e. The van der Waals surface area contributed by atoms with Crippen molar-refractivity contribution in [3.63, 3.8) is 0 Å². The van der Waals surface area contributed by atoms with Gasteiger partial charge in [-0.1, -0.05) is 51.3 Å². The highest BCUT2D eigenvalue weighted by molar-refractivity contribution is 8.14. The lowest BCUT2D eigenvalue weighted by Crippen LogP contribution is -2.33. The summed E-state index contributed by atoms with van der Waals surface area (Å²) in [6.45, 7) is 9.57. The molecule has 1 aliphatic heterocycles. The Hall–Kier alpha value is -3.60. The molecule has 1 fully saturated rings. The Bertz CT molecular complexity index is 1200. The summed E-state index contributed by atoms with van der Waals surface area (Å²) in [4.78, 5) is 21.2. The van der Waals surface area contributed by atoms with Gasteiger partial charge in [0.05, 0.1) is 12.8 Å². The van der Waals surface area contributed by atoms with Crippen LogP contribution < -0.4 is 28.3 Å². The van der Waals surface area contributed by atoms with Gasteiger partial charge in [0.2, 0.25) is 0 Å². The molecule has 3 unspecified atom stereocenters. The monoisotopic (exact) mass is 593 g/mol. The van der Waals surface area contributed by atoms with Crippen molar-refractivity contribution in [3.05, 3.63) is 47.4 Å². The zero-order valence-electron chi connectivity index (χ0n) is 24.3. The molecule has 226 valence electrons. The van der Waals surface area contributed by atoms with Gasteiger partial charge in [-0.15, -0.1) is 0 Å². The van der Waals surface area contributed by atoms with E-state index in [1.54, 1.807) is 6.92 Å². The molecule has 1 aliphatic carbocycles. The summed E-state index contributed by atoms with van der Waals surface area (Å²) in [5.41, 5.74) is 24.0. The highest BCUT2D eigenvalue weighted by Gasteiger charge is 2.27. The predicted octanol–water partition coefficient (Wildman–Crippen LogP) is 4.00. The second kappa shape index (κ2) is 18.0. The van der Waals surface area contributed by atoms with Crippen molar-refractivity contribution in [3.8, 4) is 11.8 Å². The molecule has 0 bridgehead atoms. The SMILES string of the molecule is CC.CC.COC1=CNC(C(F)F)C=C1c1cc(N=C(N)OC(C)N)ccc1C(=O)N=C(N)SC(N)C#CC1CC1. The molecule has 0 saturated heterocycles. The Kier molecular flexibility index (Phi) is 15.5. The third-order valence-electron chi connectivity index (χ3n) is 5.05. The fourth-order valence-electron chi connectivity index (χ4n) is 3.23. The Morgan fingerprint density at radius 1 is 1.17 bits per heavy atom. The van der Waals surface area contributed by atoms with Crippen LogP contribution in [0.3, 0.4) is 0 Å². The first-order valence-corrected chi connectivity index (χ1v) is 14.2. The van der Waals surface area contributed by atoms with Crippen molar-refractivity contribution in [2.24, 2.45) is 38.8 Å². The van der Waals surface area contributed by atoms with E-state index in [2.05, 4.69) is 27.1 Å². The number of carbonyl (C=O) groups is 1. The van der Waals surface area contributed by atoms with E-state index in [0.717, 1.165) is 24.6 Å². The number of halogens is 2. The number of ether oxygens (including phenoxy) is 2. The first-order chi connectivity index (χ1) is 19.6. The number of benzene rings is 1. The van der Waals surface area contributed by atoms with Crippen LogP contribution in [-0.2, 0) is 9.47 Å². The van der Waals surface area contributed by atoms with Crippen LogP contribution in [0.15, 0.2) is 46.2 Å². The maximum absolute atomic E-state index is 13.5. The number of hydrogen-bond donors (Lipinski definition) is 5. The lowest BCUT2D eigenvalue weighted by atomic mass is 9.94. The number of hydrogen-bond acceptors (Lipinski definition) is 8. The zero-order chi connectivity index (χ0) is 31.1. The van der Waals surface area contributed by atoms with Crippen LogP contribution in [0.5, 0.6) is 0 Å². The maximum Gasteiger partial charge on any atom is 0.288 e. The molecule has 1 saturated carbocycles. The van der Waals surface area contributed by atoms with Gasteiger partial charge in [0.15, 0.2) is 5.17 Å². The average molecular weight is 594 g/mol. The minimum atomic E-state index is -2.72. The van der Waals surface area contributed by atoms with Crippen molar-refractivity contribution >= 4 is 40.1 Å². The van der Waals surface area contributed by atoms with Crippen LogP contribution >= 0.6 is 11.8 Å². The van der Waals surface area contributed by atoms with Crippen LogP contribution in [0.25, 0.3) is 5.57 Å². The highest BCUT2D eigenvalue weighted by Crippen LogP contribution is 2.33. The minimum Gasteiger partial charge on any atom is -0.495 e. The van der Waals surface area contributed by atoms with E-state index < -0.39 is 30.0 Å². The molecule has 1 amide bonds. The molecule has 1 aromatic rings. The van der Waals surface area contributed by atoms with E-state index in [0.29, 0.717) is 5.92 Å². The van der Waals surface area contributed by atoms with Crippen LogP contribution in [0, 0.1) is 17.8 Å². The van der Waals surface area contributed by atoms with Crippen molar-refractivity contribution in [2.75, 3.05) is 7.11 Å². The Morgan fingerprint density at radius 3 is 2.39 bits per heavy atom. The molecule has 0 spiro atoms. The van der Waals surface area contributed by atoms with Crippen LogP contribution in [0.4, 0.5) is 14.5 Å². The quantitative estimate of drug-likeness (QED) is 0.135. The number of dihydropyridines is 1. The van der Waals surface area contributed by atoms with Gasteiger partial charge in [-0.25, -0.2) is 8.78 Å². The number of amidine groups is 2. The van der Waals surface area contributed by atoms with E-state index in [9.17, 15) is 13.6 Å². The maximum atomic E-state index is 13.5. The number of nitrogens with one attached hydrogen (secondary N) is 1. The minimum absolute atomic E-state index is 0.0657. The number of allylic oxidation sites excluding steroid dienone is 1. The standard InChI is InChI=1S/C24H29F2N7O3S.2C2H6/c1-12(27)36-23(29)32-14-6-7-15(22(34)33-24(30)37-20(28)8-5-13-3-4-13)16(9-14)17-10-18(21(25)26)31-11-19(17)35-2;2*1-2/h6-7,9-13,18,20-21,31H,3-4,27-28H2,1-2H3,(H2,29,32)(H2,30,33,34);2*1-2H3. The zero-order valence-corrected chi connectivity index (χ0v) is 25.1. The first-order valence-electron chi connectivity index (χ1n) is 13.3. The number of thioether (sulfide) groups is 1. The van der Waals surface area contributed by atoms with E-state index in [1.165, 1.54) is 37.6 Å². The Labute approximate surface area is 245 Å². The molecule has 13 heteroatoms. The van der Waals surface area contributed by atoms with E-state index in [-0.39, 0.29) is 39.3 Å². The van der Waals surface area contributed by atoms with Crippen molar-refractivity contribution in [2.45, 2.75) is 71.5 Å². The number of carbonyl (C=O) groups excluding carboxylic acids is 1. The van der Waals surface area contributed by atoms with Crippen molar-refractivity contribution < 1.29 is 23.0 Å². The molecule has 10 nitrogen and oxygen atoms in total. The summed E-state index contributed by atoms with van der Waals surface area (Å²) in [6, 6.07) is 2.86. The van der Waals surface area contributed by atoms with Gasteiger partial charge in [0.1, 0.15) is 23.4 Å². The summed E-state index contributed by atoms with van der Waals surface area (Å²) in [6.07, 6.45) is 1.23. The summed E-state index contributed by atoms with van der Waals surface area (Å²) >= 11 is 0.945. The third-order valence-corrected chi connectivity index (χ3v) is 5.75. The van der Waals surface area contributed by atoms with E-state index in [1.807, 2.05) is 27.7 Å². The fourth-order valence-corrected chi connectivity index (χ4v) is 3.75. The molecular weight excluding hydrogens is 552 g/mol. The highest BCUT2D eigenvalue weighted by atomic mass is 32.2. The molecule has 2 aliphatic rings. The van der Waals surface area contributed by atoms with Crippen LogP contribution in [-0.4, -0.2) is 48.3 Å². The van der Waals surface area contributed by atoms with Crippen molar-refractivity contribution in [1.82, 2.24) is 5.32 Å².